The van der Waals surface area contributed by atoms with Crippen molar-refractivity contribution in [3.8, 4) is 11.3 Å². The molecule has 0 aliphatic rings. The summed E-state index contributed by atoms with van der Waals surface area (Å²) in [4.78, 5) is 5.29. The first kappa shape index (κ1) is 16.4. The maximum atomic E-state index is 7.27. The number of pyridine rings is 1. The number of hydrogen-bond acceptors (Lipinski definition) is 8. The molecule has 10 heteroatoms. The second-order valence-corrected chi connectivity index (χ2v) is 7.03. The molecule has 5 aromatic rings. The van der Waals surface area contributed by atoms with E-state index in [0.717, 1.165) is 27.7 Å². The Bertz CT molecular complexity index is 1340. The van der Waals surface area contributed by atoms with Crippen LogP contribution in [0.3, 0.4) is 0 Å². The Morgan fingerprint density at radius 1 is 1.11 bits per heavy atom. The number of aromatic nitrogens is 7. The fourth-order valence-corrected chi connectivity index (χ4v) is 3.67. The summed E-state index contributed by atoms with van der Waals surface area (Å²) in [5, 5.41) is 26.0. The third-order valence-electron chi connectivity index (χ3n) is 4.22. The molecule has 0 saturated carbocycles. The van der Waals surface area contributed by atoms with Crippen LogP contribution in [0.15, 0.2) is 65.0 Å². The third-order valence-corrected chi connectivity index (χ3v) is 5.15. The monoisotopic (exact) mass is 387 g/mol. The van der Waals surface area contributed by atoms with Crippen LogP contribution in [0.2, 0.25) is 0 Å². The molecule has 4 aromatic heterocycles. The number of benzene rings is 1. The predicted molar refractivity (Wildman–Crippen MR) is 106 cm³/mol. The zero-order chi connectivity index (χ0) is 19.1. The largest absolute Gasteiger partial charge is 0.398 e. The number of nitrogens with one attached hydrogen (secondary N) is 1. The minimum Gasteiger partial charge on any atom is -0.398 e. The van der Waals surface area contributed by atoms with Crippen molar-refractivity contribution in [1.29, 1.82) is 5.41 Å². The molecule has 0 radical (unpaired) electrons. The molecule has 3 N–H and O–H groups in total. The van der Waals surface area contributed by atoms with Gasteiger partial charge in [0.15, 0.2) is 5.65 Å². The lowest BCUT2D eigenvalue weighted by Gasteiger charge is -2.04. The topological polar surface area (TPSA) is 124 Å². The van der Waals surface area contributed by atoms with Gasteiger partial charge in [0.05, 0.1) is 17.4 Å². The van der Waals surface area contributed by atoms with E-state index in [4.69, 9.17) is 11.1 Å². The van der Waals surface area contributed by atoms with Crippen LogP contribution in [0.4, 0.5) is 5.69 Å². The van der Waals surface area contributed by atoms with Crippen molar-refractivity contribution in [3.63, 3.8) is 0 Å². The van der Waals surface area contributed by atoms with Gasteiger partial charge in [0.25, 0.3) is 0 Å². The second-order valence-electron chi connectivity index (χ2n) is 5.99. The first-order valence-electron chi connectivity index (χ1n) is 8.31. The molecular weight excluding hydrogens is 374 g/mol. The molecule has 0 aliphatic carbocycles. The molecular formula is C18H13N9S. The highest BCUT2D eigenvalue weighted by Gasteiger charge is 2.12. The van der Waals surface area contributed by atoms with Crippen LogP contribution >= 0.6 is 11.8 Å². The maximum Gasteiger partial charge on any atom is 0.217 e. The molecule has 4 heterocycles. The van der Waals surface area contributed by atoms with Crippen molar-refractivity contribution in [1.82, 2.24) is 34.6 Å². The van der Waals surface area contributed by atoms with E-state index >= 15 is 0 Å². The van der Waals surface area contributed by atoms with Crippen molar-refractivity contribution < 1.29 is 0 Å². The number of hydrogen-bond donors (Lipinski definition) is 2. The van der Waals surface area contributed by atoms with Gasteiger partial charge in [0.1, 0.15) is 6.34 Å². The van der Waals surface area contributed by atoms with Crippen molar-refractivity contribution in [3.05, 3.63) is 55.0 Å². The Balaban J connectivity index is 1.55. The standard InChI is InChI=1S/C18H13N9S/c19-10-26-9-11(8-22-26)15-3-4-17-23-24-18(27(17)25-15)28-12-1-2-16-13(7-12)14(20)5-6-21-16/h1-10,19H,(H2,20,21). The van der Waals surface area contributed by atoms with Gasteiger partial charge in [0.2, 0.25) is 5.16 Å². The normalized spacial score (nSPS) is 11.3. The third kappa shape index (κ3) is 2.76. The zero-order valence-electron chi connectivity index (χ0n) is 14.4. The smallest absolute Gasteiger partial charge is 0.217 e. The Labute approximate surface area is 162 Å². The number of anilines is 1. The summed E-state index contributed by atoms with van der Waals surface area (Å²) in [5.41, 5.74) is 9.77. The molecule has 5 rings (SSSR count). The van der Waals surface area contributed by atoms with E-state index in [0.29, 0.717) is 22.2 Å². The molecule has 0 saturated heterocycles. The molecule has 0 unspecified atom stereocenters. The molecule has 9 nitrogen and oxygen atoms in total. The van der Waals surface area contributed by atoms with Crippen molar-refractivity contribution in [2.45, 2.75) is 10.1 Å². The molecule has 0 bridgehead atoms. The lowest BCUT2D eigenvalue weighted by molar-refractivity contribution is 0.813. The lowest BCUT2D eigenvalue weighted by Crippen LogP contribution is -1.96. The Kier molecular flexibility index (Phi) is 3.76. The molecule has 0 atom stereocenters. The summed E-state index contributed by atoms with van der Waals surface area (Å²) in [6.07, 6.45) is 6.22. The van der Waals surface area contributed by atoms with Crippen LogP contribution in [0.25, 0.3) is 27.8 Å². The first-order valence-corrected chi connectivity index (χ1v) is 9.12. The van der Waals surface area contributed by atoms with Gasteiger partial charge in [0, 0.05) is 33.9 Å². The number of rotatable bonds is 4. The molecule has 0 aliphatic heterocycles. The fourth-order valence-electron chi connectivity index (χ4n) is 2.84. The summed E-state index contributed by atoms with van der Waals surface area (Å²) in [6, 6.07) is 11.4. The average molecular weight is 387 g/mol. The van der Waals surface area contributed by atoms with Gasteiger partial charge in [-0.15, -0.1) is 10.2 Å². The summed E-state index contributed by atoms with van der Waals surface area (Å²) in [6.45, 7) is 0. The number of nitrogen functional groups attached to an aromatic ring is 1. The SMILES string of the molecule is N=Cn1cc(-c2ccc3nnc(Sc4ccc5nccc(N)c5c4)n3n2)cn1. The van der Waals surface area contributed by atoms with Gasteiger partial charge >= 0.3 is 0 Å². The van der Waals surface area contributed by atoms with E-state index in [1.54, 1.807) is 29.2 Å². The van der Waals surface area contributed by atoms with Crippen molar-refractivity contribution >= 4 is 40.3 Å². The molecule has 136 valence electrons. The van der Waals surface area contributed by atoms with Crippen LogP contribution in [-0.2, 0) is 0 Å². The Morgan fingerprint density at radius 2 is 2.04 bits per heavy atom. The van der Waals surface area contributed by atoms with Crippen LogP contribution in [-0.4, -0.2) is 40.9 Å². The number of nitrogens with two attached hydrogens (primary N) is 1. The van der Waals surface area contributed by atoms with Gasteiger partial charge in [-0.2, -0.15) is 14.7 Å². The highest BCUT2D eigenvalue weighted by molar-refractivity contribution is 7.99. The molecule has 0 amide bonds. The van der Waals surface area contributed by atoms with E-state index in [1.807, 2.05) is 30.3 Å². The Morgan fingerprint density at radius 3 is 2.89 bits per heavy atom. The quantitative estimate of drug-likeness (QED) is 0.359. The van der Waals surface area contributed by atoms with E-state index < -0.39 is 0 Å². The summed E-state index contributed by atoms with van der Waals surface area (Å²) < 4.78 is 3.11. The van der Waals surface area contributed by atoms with Gasteiger partial charge in [-0.05, 0) is 48.2 Å². The van der Waals surface area contributed by atoms with E-state index in [9.17, 15) is 0 Å². The van der Waals surface area contributed by atoms with Crippen LogP contribution in [0, 0.1) is 5.41 Å². The van der Waals surface area contributed by atoms with Crippen LogP contribution in [0.1, 0.15) is 0 Å². The average Bonchev–Trinajstić information content (AvgIpc) is 3.36. The van der Waals surface area contributed by atoms with Crippen molar-refractivity contribution in [2.75, 3.05) is 5.73 Å². The highest BCUT2D eigenvalue weighted by Crippen LogP contribution is 2.30. The molecule has 28 heavy (non-hydrogen) atoms. The minimum atomic E-state index is 0.637. The summed E-state index contributed by atoms with van der Waals surface area (Å²) >= 11 is 1.45. The van der Waals surface area contributed by atoms with E-state index in [1.165, 1.54) is 16.4 Å². The Hall–Kier alpha value is -3.79. The second kappa shape index (κ2) is 6.43. The lowest BCUT2D eigenvalue weighted by atomic mass is 10.2. The van der Waals surface area contributed by atoms with Gasteiger partial charge in [-0.25, -0.2) is 4.68 Å². The van der Waals surface area contributed by atoms with Gasteiger partial charge in [-0.3, -0.25) is 10.4 Å². The summed E-state index contributed by atoms with van der Waals surface area (Å²) in [7, 11) is 0. The predicted octanol–water partition coefficient (Wildman–Crippen LogP) is 2.72. The maximum absolute atomic E-state index is 7.27. The number of nitrogens with zero attached hydrogens (tertiary/aromatic N) is 7. The first-order chi connectivity index (χ1) is 13.7. The highest BCUT2D eigenvalue weighted by atomic mass is 32.2. The minimum absolute atomic E-state index is 0.637. The molecule has 0 spiro atoms. The fraction of sp³-hybridized carbons (Fsp3) is 0. The van der Waals surface area contributed by atoms with Crippen molar-refractivity contribution in [2.24, 2.45) is 0 Å². The van der Waals surface area contributed by atoms with Gasteiger partial charge in [-0.1, -0.05) is 0 Å². The van der Waals surface area contributed by atoms with E-state index in [-0.39, 0.29) is 0 Å². The van der Waals surface area contributed by atoms with Crippen LogP contribution < -0.4 is 5.73 Å². The zero-order valence-corrected chi connectivity index (χ0v) is 15.2. The van der Waals surface area contributed by atoms with E-state index in [2.05, 4.69) is 25.4 Å². The van der Waals surface area contributed by atoms with Gasteiger partial charge < -0.3 is 5.73 Å². The van der Waals surface area contributed by atoms with Crippen LogP contribution in [0.5, 0.6) is 0 Å². The molecule has 1 aromatic carbocycles. The number of fused-ring (bicyclic) bond motifs is 2. The summed E-state index contributed by atoms with van der Waals surface area (Å²) in [5.74, 6) is 0. The molecule has 0 fully saturated rings.